The van der Waals surface area contributed by atoms with E-state index in [9.17, 15) is 5.26 Å². The molecule has 0 fully saturated rings. The number of hydrogen-bond donors (Lipinski definition) is 0. The predicted octanol–water partition coefficient (Wildman–Crippen LogP) is 25.5. The van der Waals surface area contributed by atoms with Gasteiger partial charge in [0.15, 0.2) is 0 Å². The van der Waals surface area contributed by atoms with Crippen molar-refractivity contribution in [2.75, 3.05) is 9.80 Å². The van der Waals surface area contributed by atoms with Crippen molar-refractivity contribution in [3.63, 3.8) is 0 Å². The highest BCUT2D eigenvalue weighted by Gasteiger charge is 2.51. The fourth-order valence-corrected chi connectivity index (χ4v) is 16.3. The van der Waals surface area contributed by atoms with Crippen molar-refractivity contribution in [2.45, 2.75) is 77.0 Å². The highest BCUT2D eigenvalue weighted by molar-refractivity contribution is 6.10. The average molecular weight is 1430 g/mol. The SMILES string of the molecule is [C-]#[N+]c1cc(C#N)cnc1-c1ccc(-n2c3ccc(C(C)(C)C)cc3c3cc(C(C)(C)C)ccc32)cc1.[C-]#[N+]c1cc(C#N)cnc1-c1ccc(N2c3ccccc3C(C)(C)c3ccccc32)cc1.[C-]#[N+]c1cc(C#N)cnc1-c1ccc(N2c3ccccc3C3(c4ccccc4-c4ccccc43)c3ccccc32)cc1. The molecule has 12 heteroatoms. The molecule has 0 radical (unpaired) electrons. The minimum atomic E-state index is -0.437. The van der Waals surface area contributed by atoms with E-state index in [-0.39, 0.29) is 16.2 Å². The number of nitrogens with zero attached hydrogens (tertiary/aromatic N) is 12. The second kappa shape index (κ2) is 27.8. The third-order valence-electron chi connectivity index (χ3n) is 21.7. The number of fused-ring (bicyclic) bond motifs is 14. The Bertz CT molecular complexity index is 6330. The standard InChI is InChI=1S/C38H22N4.C33H30N4.C28H20N4/c1-40-34-22-25(23-39)24-41-37(34)26-18-20-27(21-19-26)42-35-16-8-6-14-32(35)38(33-15-7-9-17-36(33)42)30-12-4-2-10-28(30)29-11-3-5-13-31(29)38;1-32(2,3)23-10-14-29-26(17-23)27-18-24(33(4,5)6)11-15-30(27)37(29)25-12-8-22(9-13-25)31-28(35-7)16-21(19-34)20-36-31;1-28(2)22-8-4-6-10-25(22)32(26-11-7-5-9-23(26)28)21-14-12-20(13-15-21)27-24(30-3)16-19(17-29)18-31-27/h2-22,24H;8-18,20H,1-6H3;4-16,18H,1-2H3. The van der Waals surface area contributed by atoms with Crippen molar-refractivity contribution < 1.29 is 0 Å². The molecule has 2 aliphatic heterocycles. The molecular weight excluding hydrogens is 1360 g/mol. The minimum Gasteiger partial charge on any atom is -0.310 e. The van der Waals surface area contributed by atoms with Crippen molar-refractivity contribution >= 4 is 73.0 Å². The number of aromatic nitrogens is 4. The van der Waals surface area contributed by atoms with E-state index in [1.807, 2.05) is 42.5 Å². The van der Waals surface area contributed by atoms with Gasteiger partial charge in [0.05, 0.1) is 111 Å². The molecule has 3 aliphatic rings. The second-order valence-corrected chi connectivity index (χ2v) is 30.6. The molecule has 0 saturated heterocycles. The summed E-state index contributed by atoms with van der Waals surface area (Å²) >= 11 is 0. The maximum atomic E-state index is 9.25. The molecule has 12 nitrogen and oxygen atoms in total. The van der Waals surface area contributed by atoms with E-state index >= 15 is 0 Å². The van der Waals surface area contributed by atoms with Crippen LogP contribution in [0.15, 0.2) is 292 Å². The molecule has 528 valence electrons. The zero-order valence-corrected chi connectivity index (χ0v) is 62.6. The molecule has 1 spiro atoms. The van der Waals surface area contributed by atoms with E-state index in [2.05, 4.69) is 330 Å². The van der Waals surface area contributed by atoms with E-state index in [1.54, 1.807) is 18.2 Å². The molecule has 0 unspecified atom stereocenters. The van der Waals surface area contributed by atoms with Crippen molar-refractivity contribution in [1.29, 1.82) is 15.8 Å². The Labute approximate surface area is 647 Å². The summed E-state index contributed by atoms with van der Waals surface area (Å²) in [5.41, 5.74) is 29.1. The molecule has 4 aromatic heterocycles. The Hall–Kier alpha value is -14.8. The topological polar surface area (TPSA) is 135 Å². The third-order valence-corrected chi connectivity index (χ3v) is 21.7. The van der Waals surface area contributed by atoms with Crippen LogP contribution in [0.25, 0.3) is 86.9 Å². The molecule has 0 saturated carbocycles. The molecule has 0 atom stereocenters. The highest BCUT2D eigenvalue weighted by Crippen LogP contribution is 2.63. The van der Waals surface area contributed by atoms with Crippen LogP contribution >= 0.6 is 0 Å². The van der Waals surface area contributed by atoms with E-state index in [1.165, 1.54) is 107 Å². The fourth-order valence-electron chi connectivity index (χ4n) is 16.3. The van der Waals surface area contributed by atoms with Crippen LogP contribution in [0.1, 0.15) is 117 Å². The molecular formula is C99H72N12. The quantitative estimate of drug-likeness (QED) is 0.150. The molecule has 6 heterocycles. The van der Waals surface area contributed by atoms with Gasteiger partial charge < -0.3 is 14.4 Å². The normalized spacial score (nSPS) is 12.9. The lowest BCUT2D eigenvalue weighted by Gasteiger charge is -2.45. The van der Waals surface area contributed by atoms with Crippen LogP contribution in [0.5, 0.6) is 0 Å². The van der Waals surface area contributed by atoms with Crippen LogP contribution in [-0.4, -0.2) is 19.5 Å². The lowest BCUT2D eigenvalue weighted by molar-refractivity contribution is 0.590. The van der Waals surface area contributed by atoms with E-state index in [4.69, 9.17) is 30.2 Å². The lowest BCUT2D eigenvalue weighted by Crippen LogP contribution is -2.36. The van der Waals surface area contributed by atoms with Gasteiger partial charge in [-0.2, -0.15) is 15.8 Å². The van der Waals surface area contributed by atoms with Gasteiger partial charge in [0, 0.05) is 51.8 Å². The van der Waals surface area contributed by atoms with Gasteiger partial charge in [0.1, 0.15) is 0 Å². The van der Waals surface area contributed by atoms with Gasteiger partial charge in [-0.1, -0.05) is 225 Å². The molecule has 18 rings (SSSR count). The Morgan fingerprint density at radius 2 is 0.640 bits per heavy atom. The first kappa shape index (κ1) is 70.5. The maximum Gasteiger partial charge on any atom is 0.214 e. The first-order chi connectivity index (χ1) is 53.8. The number of anilines is 6. The first-order valence-electron chi connectivity index (χ1n) is 36.7. The van der Waals surface area contributed by atoms with Gasteiger partial charge in [0.2, 0.25) is 17.1 Å². The Morgan fingerprint density at radius 3 is 0.964 bits per heavy atom. The fraction of sp³-hybridized carbons (Fsp3) is 0.121. The van der Waals surface area contributed by atoms with E-state index in [0.717, 1.165) is 45.1 Å². The summed E-state index contributed by atoms with van der Waals surface area (Å²) in [5, 5.41) is 30.0. The lowest BCUT2D eigenvalue weighted by atomic mass is 9.64. The van der Waals surface area contributed by atoms with Gasteiger partial charge in [-0.25, -0.2) is 14.5 Å². The Morgan fingerprint density at radius 1 is 0.342 bits per heavy atom. The van der Waals surface area contributed by atoms with Gasteiger partial charge in [-0.05, 0) is 186 Å². The average Bonchev–Trinajstić information content (AvgIpc) is 1.55. The summed E-state index contributed by atoms with van der Waals surface area (Å²) in [6.45, 7) is 40.7. The smallest absolute Gasteiger partial charge is 0.214 e. The molecule has 0 bridgehead atoms. The first-order valence-corrected chi connectivity index (χ1v) is 36.7. The third kappa shape index (κ3) is 12.0. The Kier molecular flexibility index (Phi) is 17.7. The molecule has 15 aromatic rings. The predicted molar refractivity (Wildman–Crippen MR) is 446 cm³/mol. The largest absolute Gasteiger partial charge is 0.310 e. The van der Waals surface area contributed by atoms with Crippen LogP contribution in [0.4, 0.5) is 51.2 Å². The maximum absolute atomic E-state index is 9.25. The van der Waals surface area contributed by atoms with Gasteiger partial charge >= 0.3 is 0 Å². The van der Waals surface area contributed by atoms with Crippen molar-refractivity contribution in [2.24, 2.45) is 0 Å². The van der Waals surface area contributed by atoms with Gasteiger partial charge in [-0.15, -0.1) is 0 Å². The van der Waals surface area contributed by atoms with Crippen LogP contribution in [0.3, 0.4) is 0 Å². The summed E-state index contributed by atoms with van der Waals surface area (Å²) < 4.78 is 2.31. The number of benzene rings is 11. The van der Waals surface area contributed by atoms with Crippen LogP contribution < -0.4 is 9.80 Å². The number of para-hydroxylation sites is 4. The van der Waals surface area contributed by atoms with E-state index in [0.29, 0.717) is 50.8 Å². The summed E-state index contributed by atoms with van der Waals surface area (Å²) in [7, 11) is 0. The van der Waals surface area contributed by atoms with Gasteiger partial charge in [0.25, 0.3) is 0 Å². The summed E-state index contributed by atoms with van der Waals surface area (Å²) in [6, 6.07) is 101. The number of hydrogen-bond acceptors (Lipinski definition) is 8. The van der Waals surface area contributed by atoms with Crippen LogP contribution in [-0.2, 0) is 21.7 Å². The van der Waals surface area contributed by atoms with Gasteiger partial charge in [-0.3, -0.25) is 15.0 Å². The number of rotatable bonds is 6. The summed E-state index contributed by atoms with van der Waals surface area (Å²) in [6.07, 6.45) is 4.55. The zero-order valence-electron chi connectivity index (χ0n) is 62.6. The molecule has 0 N–H and O–H groups in total. The van der Waals surface area contributed by atoms with Crippen molar-refractivity contribution in [3.8, 4) is 68.8 Å². The minimum absolute atomic E-state index is 0.0562. The molecule has 111 heavy (non-hydrogen) atoms. The summed E-state index contributed by atoms with van der Waals surface area (Å²) in [5.74, 6) is 0. The monoisotopic (exact) mass is 1430 g/mol. The van der Waals surface area contributed by atoms with Crippen molar-refractivity contribution in [1.82, 2.24) is 19.5 Å². The molecule has 1 aliphatic carbocycles. The number of nitriles is 3. The Balaban J connectivity index is 0.000000127. The number of pyridine rings is 3. The van der Waals surface area contributed by atoms with Crippen molar-refractivity contribution in [3.05, 3.63) is 387 Å². The molecule has 0 amide bonds. The zero-order chi connectivity index (χ0) is 77.1. The van der Waals surface area contributed by atoms with Crippen LogP contribution in [0, 0.1) is 53.7 Å². The second-order valence-electron chi connectivity index (χ2n) is 30.6. The van der Waals surface area contributed by atoms with E-state index < -0.39 is 5.41 Å². The highest BCUT2D eigenvalue weighted by atomic mass is 15.2. The van der Waals surface area contributed by atoms with Crippen LogP contribution in [0.2, 0.25) is 0 Å². The molecule has 11 aromatic carbocycles. The summed E-state index contributed by atoms with van der Waals surface area (Å²) in [4.78, 5) is 28.7.